The Kier molecular flexibility index (Phi) is 9.09. The Labute approximate surface area is 276 Å². The number of carbonyl (C=O) groups is 3. The number of amides is 3. The van der Waals surface area contributed by atoms with Crippen molar-refractivity contribution >= 4 is 40.9 Å². The van der Waals surface area contributed by atoms with E-state index in [1.807, 2.05) is 80.3 Å². The van der Waals surface area contributed by atoms with E-state index in [2.05, 4.69) is 19.1 Å². The van der Waals surface area contributed by atoms with Crippen LogP contribution in [0.2, 0.25) is 0 Å². The molecule has 4 aliphatic rings. The zero-order chi connectivity index (χ0) is 32.6. The van der Waals surface area contributed by atoms with Crippen LogP contribution in [0.25, 0.3) is 0 Å². The van der Waals surface area contributed by atoms with Crippen molar-refractivity contribution in [3.8, 4) is 5.75 Å². The number of aliphatic hydroxyl groups excluding tert-OH is 1. The second kappa shape index (κ2) is 12.9. The standard InChI is InChI=1S/C37H45N3O5S/c1-5-45-28-17-15-27(16-18-28)38-22-11-19-36(4)29(33(38)42)30-34(43)40(21-8-6-7-9-24-41)32-35(44)39(23-12-20-37(30,32)46-36)31-25(2)13-10-14-26(31)3/h10-20,29-30,32,41H,5-9,21-24H2,1-4H3/t29-,30+,32?,36+,37+/m1/s1. The van der Waals surface area contributed by atoms with Crippen LogP contribution in [0.15, 0.2) is 66.8 Å². The summed E-state index contributed by atoms with van der Waals surface area (Å²) in [6.45, 7) is 9.96. The molecule has 0 bridgehead atoms. The molecule has 1 N–H and O–H groups in total. The Bertz CT molecular complexity index is 1540. The maximum absolute atomic E-state index is 14.9. The van der Waals surface area contributed by atoms with Gasteiger partial charge in [-0.1, -0.05) is 55.3 Å². The number of aryl methyl sites for hydroxylation is 2. The number of hydrogen-bond acceptors (Lipinski definition) is 6. The van der Waals surface area contributed by atoms with Crippen LogP contribution >= 0.6 is 11.8 Å². The van der Waals surface area contributed by atoms with Crippen molar-refractivity contribution in [1.29, 1.82) is 0 Å². The van der Waals surface area contributed by atoms with E-state index in [4.69, 9.17) is 4.74 Å². The molecule has 46 heavy (non-hydrogen) atoms. The highest BCUT2D eigenvalue weighted by Gasteiger charge is 2.74. The second-order valence-electron chi connectivity index (χ2n) is 13.0. The fraction of sp³-hybridized carbons (Fsp3) is 0.486. The van der Waals surface area contributed by atoms with Crippen LogP contribution in [0.3, 0.4) is 0 Å². The van der Waals surface area contributed by atoms with Crippen LogP contribution in [-0.2, 0) is 14.4 Å². The molecule has 2 aromatic rings. The summed E-state index contributed by atoms with van der Waals surface area (Å²) in [6, 6.07) is 12.8. The molecule has 0 saturated carbocycles. The van der Waals surface area contributed by atoms with E-state index >= 15 is 0 Å². The lowest BCUT2D eigenvalue weighted by atomic mass is 9.74. The Morgan fingerprint density at radius 3 is 2.22 bits per heavy atom. The molecule has 4 heterocycles. The minimum absolute atomic E-state index is 0.0963. The highest BCUT2D eigenvalue weighted by Crippen LogP contribution is 2.65. The summed E-state index contributed by atoms with van der Waals surface area (Å²) in [5, 5.41) is 9.28. The molecule has 2 saturated heterocycles. The fourth-order valence-corrected chi connectivity index (χ4v) is 10.2. The minimum Gasteiger partial charge on any atom is -0.494 e. The lowest BCUT2D eigenvalue weighted by Gasteiger charge is -2.37. The van der Waals surface area contributed by atoms with Crippen molar-refractivity contribution in [2.24, 2.45) is 11.8 Å². The first-order valence-electron chi connectivity index (χ1n) is 16.6. The molecule has 6 rings (SSSR count). The Balaban J connectivity index is 1.41. The first kappa shape index (κ1) is 32.4. The summed E-state index contributed by atoms with van der Waals surface area (Å²) < 4.78 is 4.05. The normalized spacial score (nSPS) is 28.7. The largest absolute Gasteiger partial charge is 0.494 e. The molecule has 9 heteroatoms. The van der Waals surface area contributed by atoms with Gasteiger partial charge in [0.15, 0.2) is 0 Å². The van der Waals surface area contributed by atoms with E-state index in [-0.39, 0.29) is 24.3 Å². The lowest BCUT2D eigenvalue weighted by Crippen LogP contribution is -2.53. The third kappa shape index (κ3) is 5.35. The van der Waals surface area contributed by atoms with Gasteiger partial charge in [-0.15, -0.1) is 11.8 Å². The van der Waals surface area contributed by atoms with Gasteiger partial charge in [-0.05, 0) is 75.9 Å². The average Bonchev–Trinajstić information content (AvgIpc) is 3.29. The SMILES string of the molecule is CCOc1ccc(N2CC=C[C@]3(C)S[C@]45C=CCN(c6c(C)cccc6C)C(=O)C4N(CCCCCCO)C(=O)[C@@H]5[C@@H]3C2=O)cc1. The molecular weight excluding hydrogens is 598 g/mol. The summed E-state index contributed by atoms with van der Waals surface area (Å²) in [4.78, 5) is 49.8. The van der Waals surface area contributed by atoms with Crippen LogP contribution < -0.4 is 14.5 Å². The molecule has 2 fully saturated rings. The fourth-order valence-electron chi connectivity index (χ4n) is 8.06. The predicted molar refractivity (Wildman–Crippen MR) is 183 cm³/mol. The van der Waals surface area contributed by atoms with Gasteiger partial charge < -0.3 is 24.5 Å². The number of benzene rings is 2. The molecule has 2 aromatic carbocycles. The van der Waals surface area contributed by atoms with Crippen LogP contribution in [0.5, 0.6) is 5.75 Å². The number of ether oxygens (including phenoxy) is 1. The number of unbranched alkanes of at least 4 members (excludes halogenated alkanes) is 3. The highest BCUT2D eigenvalue weighted by atomic mass is 32.2. The van der Waals surface area contributed by atoms with Gasteiger partial charge in [0.05, 0.1) is 23.2 Å². The van der Waals surface area contributed by atoms with Gasteiger partial charge in [0.2, 0.25) is 11.8 Å². The van der Waals surface area contributed by atoms with Gasteiger partial charge in [-0.3, -0.25) is 14.4 Å². The molecule has 244 valence electrons. The van der Waals surface area contributed by atoms with Gasteiger partial charge in [0.1, 0.15) is 11.8 Å². The molecule has 4 aliphatic heterocycles. The van der Waals surface area contributed by atoms with Crippen LogP contribution in [0.4, 0.5) is 11.4 Å². The summed E-state index contributed by atoms with van der Waals surface area (Å²) in [5.74, 6) is -0.918. The van der Waals surface area contributed by atoms with Crippen molar-refractivity contribution in [1.82, 2.24) is 4.90 Å². The number of thioether (sulfide) groups is 1. The van der Waals surface area contributed by atoms with Gasteiger partial charge in [0.25, 0.3) is 5.91 Å². The molecule has 0 aliphatic carbocycles. The van der Waals surface area contributed by atoms with E-state index in [0.717, 1.165) is 47.5 Å². The highest BCUT2D eigenvalue weighted by molar-refractivity contribution is 8.02. The monoisotopic (exact) mass is 643 g/mol. The molecule has 3 amide bonds. The Morgan fingerprint density at radius 1 is 0.848 bits per heavy atom. The van der Waals surface area contributed by atoms with Crippen molar-refractivity contribution < 1.29 is 24.2 Å². The average molecular weight is 644 g/mol. The van der Waals surface area contributed by atoms with Gasteiger partial charge in [-0.2, -0.15) is 0 Å². The minimum atomic E-state index is -0.897. The number of nitrogens with zero attached hydrogens (tertiary/aromatic N) is 3. The smallest absolute Gasteiger partial charge is 0.251 e. The molecule has 1 spiro atoms. The quantitative estimate of drug-likeness (QED) is 0.274. The maximum Gasteiger partial charge on any atom is 0.251 e. The van der Waals surface area contributed by atoms with Crippen molar-refractivity contribution in [3.05, 3.63) is 77.9 Å². The van der Waals surface area contributed by atoms with Crippen LogP contribution in [0.1, 0.15) is 50.7 Å². The molecule has 1 unspecified atom stereocenters. The third-order valence-corrected chi connectivity index (χ3v) is 11.8. The van der Waals surface area contributed by atoms with Crippen molar-refractivity contribution in [2.45, 2.75) is 68.9 Å². The lowest BCUT2D eigenvalue weighted by molar-refractivity contribution is -0.139. The predicted octanol–water partition coefficient (Wildman–Crippen LogP) is 5.45. The van der Waals surface area contributed by atoms with E-state index in [9.17, 15) is 19.5 Å². The number of aliphatic hydroxyl groups is 1. The zero-order valence-electron chi connectivity index (χ0n) is 27.3. The molecular formula is C37H45N3O5S. The summed E-state index contributed by atoms with van der Waals surface area (Å²) in [6.07, 6.45) is 11.4. The first-order valence-corrected chi connectivity index (χ1v) is 17.4. The topological polar surface area (TPSA) is 90.4 Å². The van der Waals surface area contributed by atoms with Gasteiger partial charge in [0, 0.05) is 42.4 Å². The van der Waals surface area contributed by atoms with Gasteiger partial charge >= 0.3 is 0 Å². The second-order valence-corrected chi connectivity index (χ2v) is 14.8. The number of hydrogen-bond donors (Lipinski definition) is 1. The molecule has 0 aromatic heterocycles. The number of carbonyl (C=O) groups excluding carboxylic acids is 3. The summed E-state index contributed by atoms with van der Waals surface area (Å²) in [5.41, 5.74) is 3.66. The van der Waals surface area contributed by atoms with E-state index < -0.39 is 27.4 Å². The van der Waals surface area contributed by atoms with Gasteiger partial charge in [-0.25, -0.2) is 0 Å². The van der Waals surface area contributed by atoms with Crippen LogP contribution in [0, 0.1) is 25.7 Å². The van der Waals surface area contributed by atoms with E-state index in [1.165, 1.54) is 0 Å². The van der Waals surface area contributed by atoms with E-state index in [1.54, 1.807) is 21.6 Å². The molecule has 5 atom stereocenters. The van der Waals surface area contributed by atoms with E-state index in [0.29, 0.717) is 32.7 Å². The Morgan fingerprint density at radius 2 is 1.52 bits per heavy atom. The molecule has 8 nitrogen and oxygen atoms in total. The van der Waals surface area contributed by atoms with Crippen molar-refractivity contribution in [2.75, 3.05) is 42.6 Å². The van der Waals surface area contributed by atoms with Crippen molar-refractivity contribution in [3.63, 3.8) is 0 Å². The number of anilines is 2. The zero-order valence-corrected chi connectivity index (χ0v) is 28.1. The number of likely N-dealkylation sites (tertiary alicyclic amines) is 1. The number of rotatable bonds is 10. The third-order valence-electron chi connectivity index (χ3n) is 10.0. The number of para-hydroxylation sites is 1. The number of fused-ring (bicyclic) bond motifs is 2. The molecule has 0 radical (unpaired) electrons. The summed E-state index contributed by atoms with van der Waals surface area (Å²) in [7, 11) is 0. The maximum atomic E-state index is 14.9. The summed E-state index contributed by atoms with van der Waals surface area (Å²) >= 11 is 1.62. The first-order chi connectivity index (χ1) is 22.2. The Hall–Kier alpha value is -3.56. The van der Waals surface area contributed by atoms with Crippen LogP contribution in [-0.4, -0.2) is 76.1 Å².